The first kappa shape index (κ1) is 3.89. The van der Waals surface area contributed by atoms with E-state index >= 15 is 0 Å². The Morgan fingerprint density at radius 1 is 1.75 bits per heavy atom. The quantitative estimate of drug-likeness (QED) is 0.598. The molecule has 50 valence electrons. The zero-order chi connectivity index (χ0) is 8.91. The second kappa shape index (κ2) is 5.10. The van der Waals surface area contributed by atoms with Crippen molar-refractivity contribution < 1.29 is 9.22 Å². The molecular formula is C7H16O. The highest BCUT2D eigenvalue weighted by Crippen LogP contribution is 2.04. The zero-order valence-corrected chi connectivity index (χ0v) is 5.35. The highest BCUT2D eigenvalue weighted by atomic mass is 16.3. The monoisotopic (exact) mass is 119 g/mol. The molecule has 1 N–H and O–H groups in total. The topological polar surface area (TPSA) is 20.2 Å². The molecule has 0 aliphatic heterocycles. The number of hydrogen-bond donors (Lipinski definition) is 1. The molecule has 1 nitrogen and oxygen atoms in total. The van der Waals surface area contributed by atoms with Crippen LogP contribution in [-0.4, -0.2) is 11.7 Å². The average molecular weight is 119 g/mol. The van der Waals surface area contributed by atoms with Crippen LogP contribution < -0.4 is 0 Å². The van der Waals surface area contributed by atoms with Crippen LogP contribution in [0.3, 0.4) is 0 Å². The summed E-state index contributed by atoms with van der Waals surface area (Å²) in [5.74, 6) is -0.526. The van der Waals surface area contributed by atoms with Crippen molar-refractivity contribution in [1.82, 2.24) is 0 Å². The highest BCUT2D eigenvalue weighted by Gasteiger charge is 1.95. The molecule has 0 bridgehead atoms. The Labute approximate surface area is 55.9 Å². The van der Waals surface area contributed by atoms with Crippen molar-refractivity contribution in [3.8, 4) is 0 Å². The van der Waals surface area contributed by atoms with Crippen LogP contribution in [0, 0.1) is 5.92 Å². The molecule has 1 heteroatoms. The van der Waals surface area contributed by atoms with Crippen LogP contribution in [0.15, 0.2) is 0 Å². The molecule has 0 fully saturated rings. The van der Waals surface area contributed by atoms with Crippen molar-refractivity contribution in [2.24, 2.45) is 5.92 Å². The van der Waals surface area contributed by atoms with Crippen molar-refractivity contribution in [1.29, 1.82) is 0 Å². The van der Waals surface area contributed by atoms with Gasteiger partial charge in [-0.2, -0.15) is 0 Å². The minimum atomic E-state index is -1.98. The molecule has 0 unspecified atom stereocenters. The van der Waals surface area contributed by atoms with E-state index in [-0.39, 0.29) is 6.61 Å². The molecule has 0 aromatic heterocycles. The second-order valence-electron chi connectivity index (χ2n) is 2.02. The van der Waals surface area contributed by atoms with E-state index in [0.717, 1.165) is 12.8 Å². The lowest BCUT2D eigenvalue weighted by Crippen LogP contribution is -1.98. The Hall–Kier alpha value is -0.0400. The van der Waals surface area contributed by atoms with Gasteiger partial charge in [-0.3, -0.25) is 0 Å². The van der Waals surface area contributed by atoms with Gasteiger partial charge in [0.25, 0.3) is 0 Å². The van der Waals surface area contributed by atoms with Gasteiger partial charge >= 0.3 is 0 Å². The summed E-state index contributed by atoms with van der Waals surface area (Å²) in [5.41, 5.74) is 0. The number of aliphatic hydroxyl groups excluding tert-OH is 1. The van der Waals surface area contributed by atoms with E-state index < -0.39 is 12.8 Å². The fourth-order valence-electron chi connectivity index (χ4n) is 0.542. The first-order valence-corrected chi connectivity index (χ1v) is 3.13. The maximum Gasteiger partial charge on any atom is 0.0456 e. The fourth-order valence-corrected chi connectivity index (χ4v) is 0.542. The lowest BCUT2D eigenvalue weighted by Gasteiger charge is -2.03. The van der Waals surface area contributed by atoms with Crippen LogP contribution in [0.4, 0.5) is 0 Å². The van der Waals surface area contributed by atoms with Gasteiger partial charge in [0.05, 0.1) is 0 Å². The molecule has 0 heterocycles. The zero-order valence-electron chi connectivity index (χ0n) is 8.35. The Bertz CT molecular complexity index is 100. The second-order valence-corrected chi connectivity index (χ2v) is 2.02. The molecule has 0 aromatic carbocycles. The molecule has 0 amide bonds. The van der Waals surface area contributed by atoms with Gasteiger partial charge in [-0.1, -0.05) is 26.6 Å². The maximum atomic E-state index is 8.73. The van der Waals surface area contributed by atoms with Gasteiger partial charge in [0.1, 0.15) is 0 Å². The van der Waals surface area contributed by atoms with E-state index in [0.29, 0.717) is 6.42 Å². The van der Waals surface area contributed by atoms with Gasteiger partial charge in [0, 0.05) is 10.7 Å². The van der Waals surface area contributed by atoms with Crippen molar-refractivity contribution >= 4 is 0 Å². The van der Waals surface area contributed by atoms with E-state index in [1.807, 2.05) is 6.92 Å². The average Bonchev–Trinajstić information content (AvgIpc) is 1.87. The number of aliphatic hydroxyl groups is 1. The summed E-state index contributed by atoms with van der Waals surface area (Å²) in [5, 5.41) is 8.73. The molecule has 0 saturated carbocycles. The summed E-state index contributed by atoms with van der Waals surface area (Å²) >= 11 is 0. The molecule has 0 radical (unpaired) electrons. The summed E-state index contributed by atoms with van der Waals surface area (Å²) in [4.78, 5) is 0. The lowest BCUT2D eigenvalue weighted by molar-refractivity contribution is 0.228. The minimum absolute atomic E-state index is 0.226. The van der Waals surface area contributed by atoms with Gasteiger partial charge in [-0.15, -0.1) is 0 Å². The van der Waals surface area contributed by atoms with E-state index in [9.17, 15) is 0 Å². The summed E-state index contributed by atoms with van der Waals surface area (Å²) in [7, 11) is 0. The van der Waals surface area contributed by atoms with Gasteiger partial charge in [-0.05, 0) is 12.3 Å². The molecular weight excluding hydrogens is 100 g/mol. The predicted octanol–water partition coefficient (Wildman–Crippen LogP) is 1.80. The van der Waals surface area contributed by atoms with Crippen molar-refractivity contribution in [3.05, 3.63) is 0 Å². The lowest BCUT2D eigenvalue weighted by atomic mass is 10.1. The Morgan fingerprint density at radius 2 is 2.50 bits per heavy atom. The van der Waals surface area contributed by atoms with Crippen molar-refractivity contribution in [3.63, 3.8) is 0 Å². The summed E-state index contributed by atoms with van der Waals surface area (Å²) in [6.45, 7) is -0.200. The smallest absolute Gasteiger partial charge is 0.0456 e. The number of hydrogen-bond acceptors (Lipinski definition) is 1. The van der Waals surface area contributed by atoms with Crippen LogP contribution >= 0.6 is 0 Å². The number of rotatable bonds is 4. The molecule has 1 atom stereocenters. The normalized spacial score (nSPS) is 21.0. The van der Waals surface area contributed by atoms with Crippen LogP contribution in [-0.2, 0) is 0 Å². The van der Waals surface area contributed by atoms with Crippen molar-refractivity contribution in [2.75, 3.05) is 6.61 Å². The molecule has 0 aliphatic rings. The van der Waals surface area contributed by atoms with E-state index in [1.54, 1.807) is 0 Å². The van der Waals surface area contributed by atoms with E-state index in [2.05, 4.69) is 0 Å². The molecule has 0 aromatic rings. The summed E-state index contributed by atoms with van der Waals surface area (Å²) in [6, 6.07) is 0. The highest BCUT2D eigenvalue weighted by molar-refractivity contribution is 4.48. The van der Waals surface area contributed by atoms with Crippen molar-refractivity contribution in [2.45, 2.75) is 33.0 Å². The standard InChI is InChI=1S/C7H16O/c1-3-4-5-7(2)6-8/h7-8H,3-6H2,1-2H3/t7-/m1/s1/i2D3. The first-order valence-electron chi connectivity index (χ1n) is 4.63. The third-order valence-corrected chi connectivity index (χ3v) is 1.13. The van der Waals surface area contributed by atoms with Crippen LogP contribution in [0.5, 0.6) is 0 Å². The predicted molar refractivity (Wildman–Crippen MR) is 35.8 cm³/mol. The van der Waals surface area contributed by atoms with Gasteiger partial charge in [0.2, 0.25) is 0 Å². The van der Waals surface area contributed by atoms with E-state index in [1.165, 1.54) is 0 Å². The Balaban J connectivity index is 3.76. The SMILES string of the molecule is [2H]C([2H])([2H])[C@@H](CO)CCCC. The molecule has 8 heavy (non-hydrogen) atoms. The molecule has 0 saturated heterocycles. The summed E-state index contributed by atoms with van der Waals surface area (Å²) < 4.78 is 21.1. The third-order valence-electron chi connectivity index (χ3n) is 1.13. The van der Waals surface area contributed by atoms with Gasteiger partial charge in [0.15, 0.2) is 0 Å². The minimum Gasteiger partial charge on any atom is -0.396 e. The van der Waals surface area contributed by atoms with Gasteiger partial charge in [-0.25, -0.2) is 0 Å². The number of unbranched alkanes of at least 4 members (excludes halogenated alkanes) is 1. The Kier molecular flexibility index (Phi) is 2.48. The van der Waals surface area contributed by atoms with E-state index in [4.69, 9.17) is 9.22 Å². The first-order chi connectivity index (χ1) is 5.02. The Morgan fingerprint density at radius 3 is 2.88 bits per heavy atom. The fraction of sp³-hybridized carbons (Fsp3) is 1.00. The third kappa shape index (κ3) is 4.13. The van der Waals surface area contributed by atoms with Crippen LogP contribution in [0.2, 0.25) is 0 Å². The maximum absolute atomic E-state index is 8.73. The summed E-state index contributed by atoms with van der Waals surface area (Å²) in [6.07, 6.45) is 2.46. The van der Waals surface area contributed by atoms with Gasteiger partial charge < -0.3 is 5.11 Å². The molecule has 0 spiro atoms. The molecule has 0 rings (SSSR count). The van der Waals surface area contributed by atoms with Crippen LogP contribution in [0.25, 0.3) is 0 Å². The largest absolute Gasteiger partial charge is 0.396 e. The van der Waals surface area contributed by atoms with Crippen LogP contribution in [0.1, 0.15) is 37.2 Å². The molecule has 0 aliphatic carbocycles.